The second-order valence-corrected chi connectivity index (χ2v) is 6.32. The van der Waals surface area contributed by atoms with E-state index >= 15 is 0 Å². The normalized spacial score (nSPS) is 19.0. The highest BCUT2D eigenvalue weighted by Crippen LogP contribution is 2.29. The summed E-state index contributed by atoms with van der Waals surface area (Å²) in [4.78, 5) is 26.2. The van der Waals surface area contributed by atoms with E-state index in [1.54, 1.807) is 4.90 Å². The van der Waals surface area contributed by atoms with Crippen LogP contribution in [-0.4, -0.2) is 24.4 Å². The molecule has 1 aliphatic heterocycles. The van der Waals surface area contributed by atoms with Gasteiger partial charge in [-0.25, -0.2) is 0 Å². The standard InChI is InChI=1S/C18H24N2O2/c1-2-20-16-10-9-13(11-14(16)12-17(20)21)18(22)19-15-7-5-3-4-6-8-15/h9-11,15H,2-8,12H2,1H3,(H,19,22). The van der Waals surface area contributed by atoms with E-state index in [0.717, 1.165) is 24.1 Å². The zero-order chi connectivity index (χ0) is 15.5. The predicted octanol–water partition coefficient (Wildman–Crippen LogP) is 3.05. The summed E-state index contributed by atoms with van der Waals surface area (Å²) in [6, 6.07) is 5.93. The summed E-state index contributed by atoms with van der Waals surface area (Å²) in [5.41, 5.74) is 2.60. The maximum Gasteiger partial charge on any atom is 0.251 e. The van der Waals surface area contributed by atoms with Gasteiger partial charge in [-0.1, -0.05) is 25.7 Å². The van der Waals surface area contributed by atoms with E-state index in [-0.39, 0.29) is 11.8 Å². The van der Waals surface area contributed by atoms with Gasteiger partial charge in [-0.05, 0) is 43.5 Å². The monoisotopic (exact) mass is 300 g/mol. The van der Waals surface area contributed by atoms with Crippen molar-refractivity contribution in [3.63, 3.8) is 0 Å². The fraction of sp³-hybridized carbons (Fsp3) is 0.556. The van der Waals surface area contributed by atoms with Gasteiger partial charge in [0.25, 0.3) is 5.91 Å². The lowest BCUT2D eigenvalue weighted by molar-refractivity contribution is -0.117. The minimum Gasteiger partial charge on any atom is -0.349 e. The highest BCUT2D eigenvalue weighted by Gasteiger charge is 2.27. The number of amides is 2. The lowest BCUT2D eigenvalue weighted by Crippen LogP contribution is -2.34. The quantitative estimate of drug-likeness (QED) is 0.872. The molecule has 2 amide bonds. The van der Waals surface area contributed by atoms with Crippen LogP contribution in [0.5, 0.6) is 0 Å². The van der Waals surface area contributed by atoms with Crippen LogP contribution in [0.15, 0.2) is 18.2 Å². The molecular formula is C18H24N2O2. The summed E-state index contributed by atoms with van der Waals surface area (Å²) in [6.07, 6.45) is 7.54. The molecule has 0 saturated heterocycles. The molecule has 1 aromatic carbocycles. The van der Waals surface area contributed by atoms with E-state index in [2.05, 4.69) is 5.32 Å². The van der Waals surface area contributed by atoms with Crippen LogP contribution < -0.4 is 10.2 Å². The number of hydrogen-bond donors (Lipinski definition) is 1. The number of anilines is 1. The fourth-order valence-electron chi connectivity index (χ4n) is 3.56. The molecule has 0 atom stereocenters. The zero-order valence-electron chi connectivity index (χ0n) is 13.2. The maximum atomic E-state index is 12.4. The third kappa shape index (κ3) is 3.01. The first-order valence-electron chi connectivity index (χ1n) is 8.43. The minimum absolute atomic E-state index is 0.00269. The second-order valence-electron chi connectivity index (χ2n) is 6.32. The third-order valence-electron chi connectivity index (χ3n) is 4.78. The van der Waals surface area contributed by atoms with Crippen molar-refractivity contribution in [2.24, 2.45) is 0 Å². The summed E-state index contributed by atoms with van der Waals surface area (Å²) >= 11 is 0. The van der Waals surface area contributed by atoms with Crippen molar-refractivity contribution in [2.45, 2.75) is 57.9 Å². The Morgan fingerprint density at radius 2 is 1.95 bits per heavy atom. The van der Waals surface area contributed by atoms with Crippen LogP contribution in [0, 0.1) is 0 Å². The highest BCUT2D eigenvalue weighted by molar-refractivity contribution is 6.03. The van der Waals surface area contributed by atoms with Crippen LogP contribution in [-0.2, 0) is 11.2 Å². The van der Waals surface area contributed by atoms with Gasteiger partial charge in [-0.3, -0.25) is 9.59 Å². The number of carbonyl (C=O) groups excluding carboxylic acids is 2. The molecule has 1 fully saturated rings. The van der Waals surface area contributed by atoms with Crippen LogP contribution in [0.25, 0.3) is 0 Å². The summed E-state index contributed by atoms with van der Waals surface area (Å²) in [5.74, 6) is 0.121. The van der Waals surface area contributed by atoms with Gasteiger partial charge >= 0.3 is 0 Å². The van der Waals surface area contributed by atoms with Crippen molar-refractivity contribution in [3.8, 4) is 0 Å². The molecule has 2 aliphatic rings. The molecule has 0 aromatic heterocycles. The molecule has 118 valence electrons. The van der Waals surface area contributed by atoms with Gasteiger partial charge in [-0.15, -0.1) is 0 Å². The van der Waals surface area contributed by atoms with E-state index in [0.29, 0.717) is 24.6 Å². The average Bonchev–Trinajstić information content (AvgIpc) is 2.66. The Morgan fingerprint density at radius 1 is 1.23 bits per heavy atom. The molecule has 3 rings (SSSR count). The lowest BCUT2D eigenvalue weighted by atomic mass is 10.1. The molecule has 1 aromatic rings. The Kier molecular flexibility index (Phi) is 4.46. The van der Waals surface area contributed by atoms with Gasteiger partial charge in [0.15, 0.2) is 0 Å². The van der Waals surface area contributed by atoms with Crippen molar-refractivity contribution < 1.29 is 9.59 Å². The van der Waals surface area contributed by atoms with Gasteiger partial charge < -0.3 is 10.2 Å². The fourth-order valence-corrected chi connectivity index (χ4v) is 3.56. The van der Waals surface area contributed by atoms with Crippen LogP contribution >= 0.6 is 0 Å². The average molecular weight is 300 g/mol. The van der Waals surface area contributed by atoms with E-state index in [9.17, 15) is 9.59 Å². The number of hydrogen-bond acceptors (Lipinski definition) is 2. The molecule has 0 radical (unpaired) electrons. The molecular weight excluding hydrogens is 276 g/mol. The number of rotatable bonds is 3. The Labute approximate surface area is 131 Å². The van der Waals surface area contributed by atoms with Crippen molar-refractivity contribution >= 4 is 17.5 Å². The molecule has 4 nitrogen and oxygen atoms in total. The Morgan fingerprint density at radius 3 is 2.64 bits per heavy atom. The van der Waals surface area contributed by atoms with Crippen LogP contribution in [0.3, 0.4) is 0 Å². The zero-order valence-corrected chi connectivity index (χ0v) is 13.2. The molecule has 1 N–H and O–H groups in total. The van der Waals surface area contributed by atoms with Crippen molar-refractivity contribution in [1.82, 2.24) is 5.32 Å². The molecule has 0 spiro atoms. The summed E-state index contributed by atoms with van der Waals surface area (Å²) < 4.78 is 0. The number of benzene rings is 1. The number of carbonyl (C=O) groups is 2. The van der Waals surface area contributed by atoms with Gasteiger partial charge in [0.05, 0.1) is 6.42 Å². The molecule has 4 heteroatoms. The first kappa shape index (κ1) is 15.1. The second kappa shape index (κ2) is 6.51. The van der Waals surface area contributed by atoms with Crippen LogP contribution in [0.1, 0.15) is 61.4 Å². The SMILES string of the molecule is CCN1C(=O)Cc2cc(C(=O)NC3CCCCCC3)ccc21. The molecule has 1 saturated carbocycles. The largest absolute Gasteiger partial charge is 0.349 e. The van der Waals surface area contributed by atoms with E-state index in [1.165, 1.54) is 25.7 Å². The summed E-state index contributed by atoms with van der Waals surface area (Å²) in [6.45, 7) is 2.65. The van der Waals surface area contributed by atoms with Gasteiger partial charge in [0, 0.05) is 23.8 Å². The lowest BCUT2D eigenvalue weighted by Gasteiger charge is -2.17. The summed E-state index contributed by atoms with van der Waals surface area (Å²) in [7, 11) is 0. The smallest absolute Gasteiger partial charge is 0.251 e. The topological polar surface area (TPSA) is 49.4 Å². The molecule has 22 heavy (non-hydrogen) atoms. The molecule has 0 unspecified atom stereocenters. The maximum absolute atomic E-state index is 12.4. The van der Waals surface area contributed by atoms with E-state index in [4.69, 9.17) is 0 Å². The molecule has 1 heterocycles. The van der Waals surface area contributed by atoms with Crippen LogP contribution in [0.2, 0.25) is 0 Å². The number of fused-ring (bicyclic) bond motifs is 1. The van der Waals surface area contributed by atoms with E-state index in [1.807, 2.05) is 25.1 Å². The van der Waals surface area contributed by atoms with Crippen LogP contribution in [0.4, 0.5) is 5.69 Å². The molecule has 1 aliphatic carbocycles. The van der Waals surface area contributed by atoms with Gasteiger partial charge in [0.1, 0.15) is 0 Å². The van der Waals surface area contributed by atoms with E-state index < -0.39 is 0 Å². The Hall–Kier alpha value is -1.84. The van der Waals surface area contributed by atoms with Gasteiger partial charge in [0.2, 0.25) is 5.91 Å². The predicted molar refractivity (Wildman–Crippen MR) is 87.1 cm³/mol. The van der Waals surface area contributed by atoms with Crippen molar-refractivity contribution in [3.05, 3.63) is 29.3 Å². The number of nitrogens with one attached hydrogen (secondary N) is 1. The number of nitrogens with zero attached hydrogens (tertiary/aromatic N) is 1. The first-order valence-corrected chi connectivity index (χ1v) is 8.43. The number of likely N-dealkylation sites (N-methyl/N-ethyl adjacent to an activating group) is 1. The molecule has 0 bridgehead atoms. The van der Waals surface area contributed by atoms with Crippen molar-refractivity contribution in [1.29, 1.82) is 0 Å². The highest BCUT2D eigenvalue weighted by atomic mass is 16.2. The first-order chi connectivity index (χ1) is 10.7. The van der Waals surface area contributed by atoms with Crippen molar-refractivity contribution in [2.75, 3.05) is 11.4 Å². The Balaban J connectivity index is 1.71. The Bertz CT molecular complexity index is 574. The third-order valence-corrected chi connectivity index (χ3v) is 4.78. The minimum atomic E-state index is -0.00269. The summed E-state index contributed by atoms with van der Waals surface area (Å²) in [5, 5.41) is 3.17. The van der Waals surface area contributed by atoms with Gasteiger partial charge in [-0.2, -0.15) is 0 Å².